The minimum absolute atomic E-state index is 0.0634. The molecule has 0 bridgehead atoms. The van der Waals surface area contributed by atoms with Crippen LogP contribution >= 0.6 is 0 Å². The van der Waals surface area contributed by atoms with Crippen molar-refractivity contribution in [3.63, 3.8) is 0 Å². The Balaban J connectivity index is 1.58. The number of halogens is 5. The Hall–Kier alpha value is -1.85. The summed E-state index contributed by atoms with van der Waals surface area (Å²) in [5, 5.41) is 0.204. The molecule has 2 aromatic carbocycles. The molecule has 4 atom stereocenters. The molecule has 2 saturated carbocycles. The summed E-state index contributed by atoms with van der Waals surface area (Å²) in [6.45, 7) is 2.25. The predicted octanol–water partition coefficient (Wildman–Crippen LogP) is 7.73. The number of fused-ring (bicyclic) bond motifs is 2. The van der Waals surface area contributed by atoms with E-state index < -0.39 is 23.7 Å². The average molecular weight is 412 g/mol. The van der Waals surface area contributed by atoms with Crippen molar-refractivity contribution in [2.75, 3.05) is 0 Å². The molecule has 0 spiro atoms. The van der Waals surface area contributed by atoms with Gasteiger partial charge in [0, 0.05) is 5.39 Å². The van der Waals surface area contributed by atoms with E-state index in [-0.39, 0.29) is 16.7 Å². The van der Waals surface area contributed by atoms with Gasteiger partial charge >= 0.3 is 6.36 Å². The maximum absolute atomic E-state index is 14.7. The number of benzene rings is 2. The third-order valence-electron chi connectivity index (χ3n) is 6.97. The van der Waals surface area contributed by atoms with Gasteiger partial charge in [0.05, 0.1) is 0 Å². The topological polar surface area (TPSA) is 9.23 Å². The summed E-state index contributed by atoms with van der Waals surface area (Å²) in [5.41, 5.74) is 0.815. The van der Waals surface area contributed by atoms with Crippen LogP contribution in [0.2, 0.25) is 0 Å². The summed E-state index contributed by atoms with van der Waals surface area (Å²) < 4.78 is 69.8. The molecule has 4 unspecified atom stereocenters. The number of rotatable bonds is 3. The molecule has 2 aliphatic carbocycles. The highest BCUT2D eigenvalue weighted by molar-refractivity contribution is 5.85. The van der Waals surface area contributed by atoms with E-state index in [0.717, 1.165) is 48.8 Å². The molecule has 4 rings (SSSR count). The van der Waals surface area contributed by atoms with Crippen LogP contribution in [0.5, 0.6) is 5.75 Å². The van der Waals surface area contributed by atoms with Crippen LogP contribution in [0.1, 0.15) is 63.4 Å². The van der Waals surface area contributed by atoms with Gasteiger partial charge in [-0.25, -0.2) is 8.78 Å². The van der Waals surface area contributed by atoms with E-state index >= 15 is 0 Å². The van der Waals surface area contributed by atoms with Crippen molar-refractivity contribution in [3.8, 4) is 5.75 Å². The summed E-state index contributed by atoms with van der Waals surface area (Å²) >= 11 is 0. The highest BCUT2D eigenvalue weighted by Gasteiger charge is 2.36. The standard InChI is InChI=1S/C23H25F5O/c1-2-13-3-4-15-8-16(6-5-14(15)7-13)17-9-18-11-21(25)22(29-23(26,27)28)12-19(18)20(24)10-17/h9-16H,2-8H2,1H3. The predicted molar refractivity (Wildman–Crippen MR) is 102 cm³/mol. The second-order valence-corrected chi connectivity index (χ2v) is 8.67. The molecular formula is C23H25F5O. The Morgan fingerprint density at radius 2 is 1.62 bits per heavy atom. The van der Waals surface area contributed by atoms with Crippen LogP contribution in [0, 0.1) is 29.4 Å². The van der Waals surface area contributed by atoms with Crippen molar-refractivity contribution in [3.05, 3.63) is 41.5 Å². The SMILES string of the molecule is CCC1CCC2CC(c3cc(F)c4cc(OC(F)(F)F)c(F)cc4c3)CCC2C1. The van der Waals surface area contributed by atoms with Crippen LogP contribution in [0.25, 0.3) is 10.8 Å². The van der Waals surface area contributed by atoms with Crippen LogP contribution in [-0.2, 0) is 0 Å². The number of alkyl halides is 3. The first kappa shape index (κ1) is 20.4. The minimum atomic E-state index is -5.03. The Morgan fingerprint density at radius 3 is 2.34 bits per heavy atom. The lowest BCUT2D eigenvalue weighted by Crippen LogP contribution is -2.30. The normalized spacial score (nSPS) is 27.7. The van der Waals surface area contributed by atoms with E-state index in [1.54, 1.807) is 6.07 Å². The summed E-state index contributed by atoms with van der Waals surface area (Å²) in [7, 11) is 0. The molecule has 6 heteroatoms. The Kier molecular flexibility index (Phi) is 5.47. The van der Waals surface area contributed by atoms with Crippen LogP contribution in [0.15, 0.2) is 24.3 Å². The molecule has 2 aliphatic rings. The van der Waals surface area contributed by atoms with Crippen molar-refractivity contribution in [2.45, 2.75) is 64.1 Å². The maximum Gasteiger partial charge on any atom is 0.573 e. The molecular weight excluding hydrogens is 387 g/mol. The molecule has 1 nitrogen and oxygen atoms in total. The van der Waals surface area contributed by atoms with Crippen LogP contribution in [-0.4, -0.2) is 6.36 Å². The minimum Gasteiger partial charge on any atom is -0.403 e. The second-order valence-electron chi connectivity index (χ2n) is 8.67. The third kappa shape index (κ3) is 4.36. The van der Waals surface area contributed by atoms with Gasteiger partial charge in [-0.3, -0.25) is 0 Å². The van der Waals surface area contributed by atoms with E-state index in [9.17, 15) is 22.0 Å². The number of hydrogen-bond donors (Lipinski definition) is 0. The van der Waals surface area contributed by atoms with E-state index in [1.807, 2.05) is 0 Å². The number of ether oxygens (including phenoxy) is 1. The summed E-state index contributed by atoms with van der Waals surface area (Å²) in [5.74, 6) is -0.368. The zero-order chi connectivity index (χ0) is 20.8. The van der Waals surface area contributed by atoms with Crippen LogP contribution in [0.3, 0.4) is 0 Å². The fourth-order valence-electron chi connectivity index (χ4n) is 5.44. The van der Waals surface area contributed by atoms with Gasteiger partial charge in [-0.05, 0) is 84.9 Å². The first-order valence-electron chi connectivity index (χ1n) is 10.4. The largest absolute Gasteiger partial charge is 0.573 e. The molecule has 0 N–H and O–H groups in total. The van der Waals surface area contributed by atoms with Gasteiger partial charge in [-0.1, -0.05) is 25.8 Å². The Bertz CT molecular complexity index is 891. The molecule has 2 fully saturated rings. The summed E-state index contributed by atoms with van der Waals surface area (Å²) in [4.78, 5) is 0. The molecule has 0 saturated heterocycles. The third-order valence-corrected chi connectivity index (χ3v) is 6.97. The number of hydrogen-bond acceptors (Lipinski definition) is 1. The van der Waals surface area contributed by atoms with Gasteiger partial charge in [0.2, 0.25) is 0 Å². The fourth-order valence-corrected chi connectivity index (χ4v) is 5.44. The van der Waals surface area contributed by atoms with Crippen molar-refractivity contribution >= 4 is 10.8 Å². The maximum atomic E-state index is 14.7. The zero-order valence-electron chi connectivity index (χ0n) is 16.4. The lowest BCUT2D eigenvalue weighted by molar-refractivity contribution is -0.275. The molecule has 2 aromatic rings. The van der Waals surface area contributed by atoms with Crippen LogP contribution in [0.4, 0.5) is 22.0 Å². The monoisotopic (exact) mass is 412 g/mol. The van der Waals surface area contributed by atoms with E-state index in [4.69, 9.17) is 0 Å². The fraction of sp³-hybridized carbons (Fsp3) is 0.565. The molecule has 0 amide bonds. The summed E-state index contributed by atoms with van der Waals surface area (Å²) in [6.07, 6.45) is 3.05. The molecule has 0 heterocycles. The molecule has 29 heavy (non-hydrogen) atoms. The van der Waals surface area contributed by atoms with E-state index in [1.165, 1.54) is 31.7 Å². The molecule has 0 radical (unpaired) electrons. The highest BCUT2D eigenvalue weighted by atomic mass is 19.4. The van der Waals surface area contributed by atoms with Crippen LogP contribution < -0.4 is 4.74 Å². The molecule has 0 aliphatic heterocycles. The molecule has 0 aromatic heterocycles. The average Bonchev–Trinajstić information content (AvgIpc) is 2.67. The quantitative estimate of drug-likeness (QED) is 0.469. The highest BCUT2D eigenvalue weighted by Crippen LogP contribution is 2.48. The Morgan fingerprint density at radius 1 is 0.897 bits per heavy atom. The smallest absolute Gasteiger partial charge is 0.403 e. The second kappa shape index (κ2) is 7.77. The first-order chi connectivity index (χ1) is 13.7. The van der Waals surface area contributed by atoms with Crippen molar-refractivity contribution < 1.29 is 26.7 Å². The van der Waals surface area contributed by atoms with Gasteiger partial charge in [-0.15, -0.1) is 13.2 Å². The Labute approximate surface area is 167 Å². The summed E-state index contributed by atoms with van der Waals surface area (Å²) in [6, 6.07) is 4.85. The van der Waals surface area contributed by atoms with Gasteiger partial charge in [-0.2, -0.15) is 0 Å². The van der Waals surface area contributed by atoms with Crippen molar-refractivity contribution in [1.82, 2.24) is 0 Å². The first-order valence-corrected chi connectivity index (χ1v) is 10.4. The zero-order valence-corrected chi connectivity index (χ0v) is 16.4. The van der Waals surface area contributed by atoms with Gasteiger partial charge in [0.25, 0.3) is 0 Å². The molecule has 158 valence electrons. The lowest BCUT2D eigenvalue weighted by atomic mass is 9.63. The van der Waals surface area contributed by atoms with Gasteiger partial charge in [0.1, 0.15) is 5.82 Å². The van der Waals surface area contributed by atoms with Crippen molar-refractivity contribution in [1.29, 1.82) is 0 Å². The van der Waals surface area contributed by atoms with Crippen molar-refractivity contribution in [2.24, 2.45) is 17.8 Å². The lowest BCUT2D eigenvalue weighted by Gasteiger charge is -2.42. The van der Waals surface area contributed by atoms with E-state index in [2.05, 4.69) is 11.7 Å². The van der Waals surface area contributed by atoms with Gasteiger partial charge < -0.3 is 4.74 Å². The van der Waals surface area contributed by atoms with Gasteiger partial charge in [0.15, 0.2) is 11.6 Å². The van der Waals surface area contributed by atoms with E-state index in [0.29, 0.717) is 5.92 Å².